The third kappa shape index (κ3) is 1.29. The summed E-state index contributed by atoms with van der Waals surface area (Å²) < 4.78 is 5.47. The van der Waals surface area contributed by atoms with Crippen LogP contribution >= 0.6 is 0 Å². The molecule has 2 unspecified atom stereocenters. The zero-order valence-electron chi connectivity index (χ0n) is 10.9. The second kappa shape index (κ2) is 3.49. The number of hydrogen-bond acceptors (Lipinski definition) is 5. The van der Waals surface area contributed by atoms with Crippen LogP contribution in [0.25, 0.3) is 0 Å². The van der Waals surface area contributed by atoms with Crippen molar-refractivity contribution in [2.24, 2.45) is 11.1 Å². The van der Waals surface area contributed by atoms with Crippen molar-refractivity contribution in [3.8, 4) is 0 Å². The predicted molar refractivity (Wildman–Crippen MR) is 67.5 cm³/mol. The fourth-order valence-corrected chi connectivity index (χ4v) is 4.11. The van der Waals surface area contributed by atoms with Crippen LogP contribution in [-0.2, 0) is 10.2 Å². The summed E-state index contributed by atoms with van der Waals surface area (Å²) in [6, 6.07) is 0. The van der Waals surface area contributed by atoms with Crippen molar-refractivity contribution in [3.05, 3.63) is 5.89 Å². The highest BCUT2D eigenvalue weighted by Gasteiger charge is 2.76. The van der Waals surface area contributed by atoms with Crippen molar-refractivity contribution in [2.75, 3.05) is 18.0 Å². The molecule has 2 aliphatic carbocycles. The van der Waals surface area contributed by atoms with E-state index < -0.39 is 5.41 Å². The van der Waals surface area contributed by atoms with Gasteiger partial charge in [-0.2, -0.15) is 4.98 Å². The molecule has 2 saturated carbocycles. The lowest BCUT2D eigenvalue weighted by Gasteiger charge is -2.11. The summed E-state index contributed by atoms with van der Waals surface area (Å²) in [6.45, 7) is 1.99. The number of rotatable bonds is 3. The summed E-state index contributed by atoms with van der Waals surface area (Å²) in [7, 11) is 0. The average molecular weight is 262 g/mol. The van der Waals surface area contributed by atoms with E-state index in [1.54, 1.807) is 0 Å². The smallest absolute Gasteiger partial charge is 0.266 e. The van der Waals surface area contributed by atoms with Crippen molar-refractivity contribution < 1.29 is 9.32 Å². The summed E-state index contributed by atoms with van der Waals surface area (Å²) in [5.41, 5.74) is 4.94. The molecule has 102 valence electrons. The van der Waals surface area contributed by atoms with Crippen LogP contribution < -0.4 is 10.6 Å². The quantitative estimate of drug-likeness (QED) is 0.877. The number of anilines is 1. The van der Waals surface area contributed by atoms with E-state index in [4.69, 9.17) is 10.3 Å². The van der Waals surface area contributed by atoms with Crippen molar-refractivity contribution in [2.45, 2.75) is 43.9 Å². The monoisotopic (exact) mass is 262 g/mol. The fraction of sp³-hybridized carbons (Fsp3) is 0.769. The zero-order chi connectivity index (χ0) is 13.1. The molecule has 2 atom stereocenters. The zero-order valence-corrected chi connectivity index (χ0v) is 10.9. The Bertz CT molecular complexity index is 537. The maximum atomic E-state index is 11.7. The molecule has 1 saturated heterocycles. The van der Waals surface area contributed by atoms with Gasteiger partial charge >= 0.3 is 0 Å². The van der Waals surface area contributed by atoms with Gasteiger partial charge in [-0.25, -0.2) is 0 Å². The van der Waals surface area contributed by atoms with Gasteiger partial charge < -0.3 is 15.2 Å². The van der Waals surface area contributed by atoms with Crippen LogP contribution in [-0.4, -0.2) is 29.1 Å². The molecule has 0 spiro atoms. The highest BCUT2D eigenvalue weighted by Crippen LogP contribution is 2.73. The number of aromatic nitrogens is 2. The summed E-state index contributed by atoms with van der Waals surface area (Å²) in [5, 5.41) is 4.09. The molecule has 6 heteroatoms. The Morgan fingerprint density at radius 3 is 2.74 bits per heavy atom. The lowest BCUT2D eigenvalue weighted by molar-refractivity contribution is -0.123. The summed E-state index contributed by atoms with van der Waals surface area (Å²) >= 11 is 0. The SMILES string of the molecule is NC(=O)C12CCCC1(c1nc(N3CCCC3)no1)C2. The van der Waals surface area contributed by atoms with Crippen molar-refractivity contribution in [1.82, 2.24) is 10.1 Å². The van der Waals surface area contributed by atoms with Gasteiger partial charge in [0.05, 0.1) is 10.8 Å². The molecule has 3 aliphatic rings. The van der Waals surface area contributed by atoms with E-state index in [2.05, 4.69) is 15.0 Å². The van der Waals surface area contributed by atoms with E-state index >= 15 is 0 Å². The molecule has 19 heavy (non-hydrogen) atoms. The van der Waals surface area contributed by atoms with Crippen LogP contribution in [0.1, 0.15) is 44.4 Å². The Labute approximate surface area is 111 Å². The molecule has 1 aromatic rings. The standard InChI is InChI=1S/C13H18N4O2/c14-9(18)12-4-3-5-13(12,8-12)10-15-11(16-19-10)17-6-1-2-7-17/h1-8H2,(H2,14,18). The Morgan fingerprint density at radius 2 is 2.05 bits per heavy atom. The van der Waals surface area contributed by atoms with E-state index in [9.17, 15) is 4.79 Å². The average Bonchev–Trinajstić information content (AvgIpc) is 2.95. The molecule has 3 fully saturated rings. The Morgan fingerprint density at radius 1 is 1.26 bits per heavy atom. The van der Waals surface area contributed by atoms with Crippen LogP contribution in [0.3, 0.4) is 0 Å². The molecule has 0 radical (unpaired) electrons. The van der Waals surface area contributed by atoms with Crippen molar-refractivity contribution >= 4 is 11.9 Å². The molecule has 0 aromatic carbocycles. The number of amides is 1. The van der Waals surface area contributed by atoms with E-state index in [0.29, 0.717) is 11.8 Å². The first-order valence-electron chi connectivity index (χ1n) is 7.07. The fourth-order valence-electron chi connectivity index (χ4n) is 4.11. The molecule has 1 amide bonds. The predicted octanol–water partition coefficient (Wildman–Crippen LogP) is 0.967. The summed E-state index contributed by atoms with van der Waals surface area (Å²) in [5.74, 6) is 1.11. The van der Waals surface area contributed by atoms with Crippen molar-refractivity contribution in [3.63, 3.8) is 0 Å². The van der Waals surface area contributed by atoms with Crippen LogP contribution in [0.4, 0.5) is 5.95 Å². The second-order valence-corrected chi connectivity index (χ2v) is 6.15. The molecular formula is C13H18N4O2. The van der Waals surface area contributed by atoms with Crippen molar-refractivity contribution in [1.29, 1.82) is 0 Å². The number of hydrogen-bond donors (Lipinski definition) is 1. The number of carbonyl (C=O) groups excluding carboxylic acids is 1. The maximum absolute atomic E-state index is 11.7. The molecule has 6 nitrogen and oxygen atoms in total. The molecule has 2 N–H and O–H groups in total. The van der Waals surface area contributed by atoms with Crippen LogP contribution in [0.2, 0.25) is 0 Å². The van der Waals surface area contributed by atoms with E-state index in [1.165, 1.54) is 12.8 Å². The number of fused-ring (bicyclic) bond motifs is 1. The van der Waals surface area contributed by atoms with Gasteiger partial charge in [0.1, 0.15) is 0 Å². The maximum Gasteiger partial charge on any atom is 0.266 e. The molecule has 2 heterocycles. The molecule has 1 aromatic heterocycles. The van der Waals surface area contributed by atoms with Gasteiger partial charge in [0.25, 0.3) is 5.95 Å². The normalized spacial score (nSPS) is 36.5. The van der Waals surface area contributed by atoms with Gasteiger partial charge in [0.15, 0.2) is 0 Å². The molecule has 0 bridgehead atoms. The lowest BCUT2D eigenvalue weighted by Crippen LogP contribution is -2.29. The number of nitrogens with zero attached hydrogens (tertiary/aromatic N) is 3. The number of primary amides is 1. The minimum Gasteiger partial charge on any atom is -0.369 e. The van der Waals surface area contributed by atoms with E-state index in [-0.39, 0.29) is 11.3 Å². The molecular weight excluding hydrogens is 244 g/mol. The van der Waals surface area contributed by atoms with Gasteiger partial charge in [-0.1, -0.05) is 6.42 Å². The first-order valence-corrected chi connectivity index (χ1v) is 7.07. The van der Waals surface area contributed by atoms with Gasteiger partial charge in [-0.3, -0.25) is 4.79 Å². The minimum absolute atomic E-state index is 0.203. The highest BCUT2D eigenvalue weighted by molar-refractivity contribution is 5.87. The van der Waals surface area contributed by atoms with Crippen LogP contribution in [0, 0.1) is 5.41 Å². The number of carbonyl (C=O) groups is 1. The number of nitrogens with two attached hydrogens (primary N) is 1. The first kappa shape index (κ1) is 11.3. The van der Waals surface area contributed by atoms with Crippen LogP contribution in [0.15, 0.2) is 4.52 Å². The second-order valence-electron chi connectivity index (χ2n) is 6.15. The highest BCUT2D eigenvalue weighted by atomic mass is 16.5. The topological polar surface area (TPSA) is 85.3 Å². The van der Waals surface area contributed by atoms with Gasteiger partial charge in [-0.05, 0) is 37.3 Å². The minimum atomic E-state index is -0.401. The van der Waals surface area contributed by atoms with Crippen LogP contribution in [0.5, 0.6) is 0 Å². The molecule has 4 rings (SSSR count). The Balaban J connectivity index is 1.65. The van der Waals surface area contributed by atoms with E-state index in [0.717, 1.165) is 38.8 Å². The van der Waals surface area contributed by atoms with Gasteiger partial charge in [0.2, 0.25) is 11.8 Å². The van der Waals surface area contributed by atoms with E-state index in [1.807, 2.05) is 0 Å². The van der Waals surface area contributed by atoms with Gasteiger partial charge in [-0.15, -0.1) is 0 Å². The lowest BCUT2D eigenvalue weighted by atomic mass is 9.95. The molecule has 1 aliphatic heterocycles. The third-order valence-corrected chi connectivity index (χ3v) is 5.29. The summed E-state index contributed by atoms with van der Waals surface area (Å²) in [4.78, 5) is 18.4. The first-order chi connectivity index (χ1) is 9.18. The largest absolute Gasteiger partial charge is 0.369 e. The summed E-state index contributed by atoms with van der Waals surface area (Å²) in [6.07, 6.45) is 5.98. The third-order valence-electron chi connectivity index (χ3n) is 5.29. The Hall–Kier alpha value is -1.59. The Kier molecular flexibility index (Phi) is 2.07. The van der Waals surface area contributed by atoms with Gasteiger partial charge in [0, 0.05) is 13.1 Å².